The van der Waals surface area contributed by atoms with Crippen LogP contribution in [0, 0.1) is 0 Å². The third-order valence-electron chi connectivity index (χ3n) is 4.09. The van der Waals surface area contributed by atoms with Gasteiger partial charge in [0.25, 0.3) is 0 Å². The Hall–Kier alpha value is -2.55. The first-order chi connectivity index (χ1) is 10.3. The Kier molecular flexibility index (Phi) is 2.78. The van der Waals surface area contributed by atoms with E-state index in [2.05, 4.69) is 18.2 Å². The first-order valence-corrected chi connectivity index (χ1v) is 7.29. The number of fused-ring (bicyclic) bond motifs is 3. The molecular weight excluding hydrogens is 260 g/mol. The highest BCUT2D eigenvalue weighted by atomic mass is 16.5. The number of imidazole rings is 1. The molecule has 0 amide bonds. The van der Waals surface area contributed by atoms with Crippen LogP contribution in [-0.2, 0) is 12.8 Å². The molecule has 3 heteroatoms. The van der Waals surface area contributed by atoms with Crippen LogP contribution in [0.3, 0.4) is 0 Å². The molecule has 2 aromatic carbocycles. The van der Waals surface area contributed by atoms with E-state index < -0.39 is 0 Å². The number of hydrogen-bond donors (Lipinski definition) is 1. The predicted octanol–water partition coefficient (Wildman–Crippen LogP) is 3.94. The second-order valence-electron chi connectivity index (χ2n) is 5.42. The van der Waals surface area contributed by atoms with Gasteiger partial charge >= 0.3 is 0 Å². The summed E-state index contributed by atoms with van der Waals surface area (Å²) in [7, 11) is 0. The fourth-order valence-corrected chi connectivity index (χ4v) is 3.09. The molecule has 0 aliphatic heterocycles. The normalized spacial score (nSPS) is 13.3. The van der Waals surface area contributed by atoms with Gasteiger partial charge in [0.15, 0.2) is 5.82 Å². The van der Waals surface area contributed by atoms with Gasteiger partial charge < -0.3 is 5.21 Å². The summed E-state index contributed by atoms with van der Waals surface area (Å²) >= 11 is 0. The van der Waals surface area contributed by atoms with E-state index in [1.54, 1.807) is 0 Å². The van der Waals surface area contributed by atoms with Crippen LogP contribution in [0.15, 0.2) is 54.6 Å². The van der Waals surface area contributed by atoms with Gasteiger partial charge in [-0.15, -0.1) is 0 Å². The molecular formula is C18H16N2O. The first kappa shape index (κ1) is 12.2. The molecule has 1 N–H and O–H groups in total. The molecule has 3 aromatic rings. The zero-order valence-electron chi connectivity index (χ0n) is 11.7. The van der Waals surface area contributed by atoms with Gasteiger partial charge in [0, 0.05) is 11.1 Å². The fraction of sp³-hybridized carbons (Fsp3) is 0.167. The average Bonchev–Trinajstić information content (AvgIpc) is 2.75. The van der Waals surface area contributed by atoms with E-state index in [0.717, 1.165) is 41.8 Å². The predicted molar refractivity (Wildman–Crippen MR) is 82.3 cm³/mol. The molecule has 0 fully saturated rings. The van der Waals surface area contributed by atoms with Crippen molar-refractivity contribution in [2.75, 3.05) is 0 Å². The lowest BCUT2D eigenvalue weighted by Gasteiger charge is -2.08. The minimum Gasteiger partial charge on any atom is -0.426 e. The largest absolute Gasteiger partial charge is 0.426 e. The summed E-state index contributed by atoms with van der Waals surface area (Å²) in [5, 5.41) is 10.7. The summed E-state index contributed by atoms with van der Waals surface area (Å²) < 4.78 is 1.26. The van der Waals surface area contributed by atoms with Gasteiger partial charge in [0.05, 0.1) is 5.69 Å². The summed E-state index contributed by atoms with van der Waals surface area (Å²) in [6.07, 6.45) is 3.00. The molecule has 0 saturated carbocycles. The second kappa shape index (κ2) is 4.77. The molecule has 1 aliphatic carbocycles. The van der Waals surface area contributed by atoms with Crippen molar-refractivity contribution in [3.8, 4) is 22.6 Å². The molecule has 4 rings (SSSR count). The Labute approximate surface area is 123 Å². The minimum atomic E-state index is 0.623. The lowest BCUT2D eigenvalue weighted by Crippen LogP contribution is -1.98. The maximum atomic E-state index is 10.7. The van der Waals surface area contributed by atoms with Gasteiger partial charge in [-0.25, -0.2) is 4.98 Å². The van der Waals surface area contributed by atoms with Gasteiger partial charge in [-0.1, -0.05) is 54.6 Å². The number of rotatable bonds is 1. The van der Waals surface area contributed by atoms with Crippen molar-refractivity contribution in [2.24, 2.45) is 0 Å². The minimum absolute atomic E-state index is 0.623. The highest BCUT2D eigenvalue weighted by molar-refractivity contribution is 5.71. The van der Waals surface area contributed by atoms with E-state index in [9.17, 15) is 5.21 Å². The summed E-state index contributed by atoms with van der Waals surface area (Å²) in [6, 6.07) is 18.1. The smallest absolute Gasteiger partial charge is 0.176 e. The monoisotopic (exact) mass is 276 g/mol. The number of nitrogens with zero attached hydrogens (tertiary/aromatic N) is 2. The van der Waals surface area contributed by atoms with E-state index in [0.29, 0.717) is 5.82 Å². The van der Waals surface area contributed by atoms with Gasteiger partial charge in [0.1, 0.15) is 5.69 Å². The molecule has 0 atom stereocenters. The van der Waals surface area contributed by atoms with Crippen LogP contribution in [0.1, 0.15) is 17.7 Å². The Morgan fingerprint density at radius 3 is 2.52 bits per heavy atom. The Balaban J connectivity index is 1.96. The molecule has 3 nitrogen and oxygen atoms in total. The summed E-state index contributed by atoms with van der Waals surface area (Å²) in [5.74, 6) is 0.623. The van der Waals surface area contributed by atoms with Gasteiger partial charge in [0.2, 0.25) is 0 Å². The molecule has 21 heavy (non-hydrogen) atoms. The molecule has 0 spiro atoms. The fourth-order valence-electron chi connectivity index (χ4n) is 3.09. The van der Waals surface area contributed by atoms with E-state index in [4.69, 9.17) is 4.98 Å². The number of aromatic nitrogens is 2. The van der Waals surface area contributed by atoms with Crippen LogP contribution in [0.25, 0.3) is 22.6 Å². The topological polar surface area (TPSA) is 38.0 Å². The highest BCUT2D eigenvalue weighted by Gasteiger charge is 2.23. The van der Waals surface area contributed by atoms with Crippen LogP contribution in [0.5, 0.6) is 0 Å². The SMILES string of the molecule is On1c(-c2ccccc2)nc2c1-c1ccccc1CCC2. The third-order valence-corrected chi connectivity index (χ3v) is 4.09. The Morgan fingerprint density at radius 2 is 1.67 bits per heavy atom. The zero-order valence-corrected chi connectivity index (χ0v) is 11.7. The van der Waals surface area contributed by atoms with Gasteiger partial charge in [-0.3, -0.25) is 0 Å². The van der Waals surface area contributed by atoms with E-state index in [1.807, 2.05) is 36.4 Å². The van der Waals surface area contributed by atoms with Crippen molar-refractivity contribution in [3.05, 3.63) is 65.9 Å². The number of hydrogen-bond acceptors (Lipinski definition) is 2. The van der Waals surface area contributed by atoms with E-state index in [-0.39, 0.29) is 0 Å². The average molecular weight is 276 g/mol. The molecule has 1 heterocycles. The lowest BCUT2D eigenvalue weighted by atomic mass is 10.0. The van der Waals surface area contributed by atoms with Crippen LogP contribution in [0.2, 0.25) is 0 Å². The maximum absolute atomic E-state index is 10.7. The number of benzene rings is 2. The molecule has 0 bridgehead atoms. The van der Waals surface area contributed by atoms with Crippen LogP contribution >= 0.6 is 0 Å². The zero-order chi connectivity index (χ0) is 14.2. The summed E-state index contributed by atoms with van der Waals surface area (Å²) in [4.78, 5) is 4.69. The maximum Gasteiger partial charge on any atom is 0.176 e. The van der Waals surface area contributed by atoms with Crippen LogP contribution in [-0.4, -0.2) is 14.9 Å². The van der Waals surface area contributed by atoms with E-state index in [1.165, 1.54) is 10.3 Å². The van der Waals surface area contributed by atoms with Gasteiger partial charge in [-0.05, 0) is 24.8 Å². The second-order valence-corrected chi connectivity index (χ2v) is 5.42. The lowest BCUT2D eigenvalue weighted by molar-refractivity contribution is 0.195. The molecule has 0 unspecified atom stereocenters. The van der Waals surface area contributed by atoms with Crippen molar-refractivity contribution >= 4 is 0 Å². The van der Waals surface area contributed by atoms with Crippen LogP contribution < -0.4 is 0 Å². The van der Waals surface area contributed by atoms with Gasteiger partial charge in [-0.2, -0.15) is 4.73 Å². The quantitative estimate of drug-likeness (QED) is 0.683. The molecule has 1 aliphatic rings. The Morgan fingerprint density at radius 1 is 0.905 bits per heavy atom. The highest BCUT2D eigenvalue weighted by Crippen LogP contribution is 2.34. The van der Waals surface area contributed by atoms with Crippen molar-refractivity contribution in [3.63, 3.8) is 0 Å². The van der Waals surface area contributed by atoms with Crippen molar-refractivity contribution < 1.29 is 5.21 Å². The third kappa shape index (κ3) is 1.93. The van der Waals surface area contributed by atoms with Crippen LogP contribution in [0.4, 0.5) is 0 Å². The summed E-state index contributed by atoms with van der Waals surface area (Å²) in [5.41, 5.74) is 5.15. The van der Waals surface area contributed by atoms with Crippen molar-refractivity contribution in [2.45, 2.75) is 19.3 Å². The van der Waals surface area contributed by atoms with E-state index >= 15 is 0 Å². The standard InChI is InChI=1S/C18H16N2O/c21-20-17-15-11-5-4-7-13(15)10-6-12-16(17)19-18(20)14-8-2-1-3-9-14/h1-5,7-9,11,21H,6,10,12H2. The molecule has 104 valence electrons. The molecule has 1 aromatic heterocycles. The first-order valence-electron chi connectivity index (χ1n) is 7.29. The summed E-state index contributed by atoms with van der Waals surface area (Å²) in [6.45, 7) is 0. The molecule has 0 radical (unpaired) electrons. The van der Waals surface area contributed by atoms with Crippen molar-refractivity contribution in [1.82, 2.24) is 9.71 Å². The Bertz CT molecular complexity index is 790. The van der Waals surface area contributed by atoms with Crippen molar-refractivity contribution in [1.29, 1.82) is 0 Å². The number of aryl methyl sites for hydroxylation is 2. The molecule has 0 saturated heterocycles.